The molecule has 566 valence electrons. The summed E-state index contributed by atoms with van der Waals surface area (Å²) in [7, 11) is 3.75. The highest BCUT2D eigenvalue weighted by Crippen LogP contribution is 2.26. The minimum absolute atomic E-state index is 0.0110. The van der Waals surface area contributed by atoms with Crippen molar-refractivity contribution in [2.24, 2.45) is 35.5 Å². The molecule has 0 aromatic carbocycles. The van der Waals surface area contributed by atoms with Crippen LogP contribution in [-0.2, 0) is 81.5 Å². The molecular weight excluding hydrogens is 1300 g/mol. The molecule has 100 heavy (non-hydrogen) atoms. The Hall–Kier alpha value is -7.89. The van der Waals surface area contributed by atoms with Crippen molar-refractivity contribution >= 4 is 88.6 Å². The highest BCUT2D eigenvalue weighted by Gasteiger charge is 2.44. The van der Waals surface area contributed by atoms with E-state index in [0.717, 1.165) is 6.42 Å². The summed E-state index contributed by atoms with van der Waals surface area (Å²) in [6, 6.07) is -7.12. The Morgan fingerprint density at radius 2 is 1.16 bits per heavy atom. The van der Waals surface area contributed by atoms with Crippen molar-refractivity contribution in [1.29, 1.82) is 0 Å². The van der Waals surface area contributed by atoms with Gasteiger partial charge < -0.3 is 72.3 Å². The third kappa shape index (κ3) is 30.1. The van der Waals surface area contributed by atoms with Gasteiger partial charge in [-0.15, -0.1) is 5.06 Å². The SMILES string of the molecule is CCC(=O)C[C@H](C[C@@H](C)C[C@H](NC(=O)[C@@H]1C[C@H](C)CN1C(=O)/C=C/[C@H](C)CC)C(=O)N[C@H](C(=O)NC(C)(C)C(=O)N[C@@H](CC(C)C)C(=O)N[C@@H](CC(C)C)C(=O)NC(C)(C)C(=O)NC(C)(C)C(=O)NCCC(=O)N[C@@H](C)CN(C)C)[C@H](O)C(C)C)OC(=O)CCC(=O)ON1C(=O)CCC1=O. The summed E-state index contributed by atoms with van der Waals surface area (Å²) in [5.41, 5.74) is -5.07. The van der Waals surface area contributed by atoms with Gasteiger partial charge >= 0.3 is 11.9 Å². The van der Waals surface area contributed by atoms with Gasteiger partial charge in [0.05, 0.1) is 18.9 Å². The lowest BCUT2D eigenvalue weighted by molar-refractivity contribution is -0.197. The molecule has 2 saturated heterocycles. The molecule has 2 heterocycles. The van der Waals surface area contributed by atoms with Gasteiger partial charge in [0.2, 0.25) is 59.1 Å². The molecule has 0 saturated carbocycles. The van der Waals surface area contributed by atoms with Crippen molar-refractivity contribution in [3.63, 3.8) is 0 Å². The summed E-state index contributed by atoms with van der Waals surface area (Å²) >= 11 is 0. The van der Waals surface area contributed by atoms with Gasteiger partial charge in [0.1, 0.15) is 58.7 Å². The van der Waals surface area contributed by atoms with E-state index in [-0.39, 0.29) is 119 Å². The fourth-order valence-electron chi connectivity index (χ4n) is 11.1. The van der Waals surface area contributed by atoms with E-state index in [1.165, 1.54) is 52.5 Å². The fraction of sp³-hybridized carbons (Fsp3) is 0.757. The molecule has 2 rings (SSSR count). The fourth-order valence-corrected chi connectivity index (χ4v) is 11.1. The number of aliphatic hydroxyl groups excluding tert-OH is 1. The summed E-state index contributed by atoms with van der Waals surface area (Å²) in [5.74, 6) is -12.9. The normalized spacial score (nSPS) is 17.9. The van der Waals surface area contributed by atoms with Crippen molar-refractivity contribution < 1.29 is 86.6 Å². The number of imide groups is 1. The van der Waals surface area contributed by atoms with Crippen molar-refractivity contribution in [3.8, 4) is 0 Å². The highest BCUT2D eigenvalue weighted by molar-refractivity contribution is 6.02. The number of hydroxylamine groups is 2. The van der Waals surface area contributed by atoms with Crippen molar-refractivity contribution in [3.05, 3.63) is 12.2 Å². The monoisotopic (exact) mass is 1410 g/mol. The lowest BCUT2D eigenvalue weighted by Crippen LogP contribution is -2.66. The van der Waals surface area contributed by atoms with Gasteiger partial charge in [-0.3, -0.25) is 67.1 Å². The Kier molecular flexibility index (Phi) is 35.7. The maximum atomic E-state index is 14.9. The Bertz CT molecular complexity index is 2910. The lowest BCUT2D eigenvalue weighted by Gasteiger charge is -2.34. The second kappa shape index (κ2) is 40.5. The summed E-state index contributed by atoms with van der Waals surface area (Å²) < 4.78 is 5.70. The van der Waals surface area contributed by atoms with E-state index in [1.54, 1.807) is 61.5 Å². The number of carbonyl (C=O) groups is 15. The van der Waals surface area contributed by atoms with Crippen LogP contribution in [0.15, 0.2) is 12.2 Å². The van der Waals surface area contributed by atoms with Crippen molar-refractivity contribution in [2.75, 3.05) is 33.7 Å². The Labute approximate surface area is 590 Å². The Morgan fingerprint density at radius 1 is 0.630 bits per heavy atom. The highest BCUT2D eigenvalue weighted by atomic mass is 16.7. The maximum absolute atomic E-state index is 14.9. The van der Waals surface area contributed by atoms with Gasteiger partial charge in [-0.1, -0.05) is 88.7 Å². The zero-order valence-corrected chi connectivity index (χ0v) is 62.8. The summed E-state index contributed by atoms with van der Waals surface area (Å²) in [6.45, 7) is 30.4. The summed E-state index contributed by atoms with van der Waals surface area (Å²) in [5, 5.41) is 36.4. The zero-order valence-electron chi connectivity index (χ0n) is 62.8. The van der Waals surface area contributed by atoms with Gasteiger partial charge in [0.15, 0.2) is 0 Å². The van der Waals surface area contributed by atoms with Crippen LogP contribution in [0.5, 0.6) is 0 Å². The molecule has 2 aliphatic heterocycles. The first-order chi connectivity index (χ1) is 46.2. The third-order valence-corrected chi connectivity index (χ3v) is 17.1. The molecule has 0 aromatic heterocycles. The van der Waals surface area contributed by atoms with Gasteiger partial charge in [-0.2, -0.15) is 0 Å². The van der Waals surface area contributed by atoms with Crippen LogP contribution in [0.3, 0.4) is 0 Å². The first-order valence-electron chi connectivity index (χ1n) is 35.1. The van der Waals surface area contributed by atoms with Gasteiger partial charge in [-0.05, 0) is 136 Å². The van der Waals surface area contributed by atoms with E-state index in [0.29, 0.717) is 11.6 Å². The summed E-state index contributed by atoms with van der Waals surface area (Å²) in [4.78, 5) is 211. The predicted molar refractivity (Wildman–Crippen MR) is 370 cm³/mol. The Balaban J connectivity index is 2.46. The zero-order chi connectivity index (χ0) is 76.5. The molecule has 12 amide bonds. The number of Topliss-reactive ketones (excluding diaryl/α,β-unsaturated/α-hetero) is 1. The summed E-state index contributed by atoms with van der Waals surface area (Å²) in [6.07, 6.45) is -0.550. The third-order valence-electron chi connectivity index (χ3n) is 17.1. The minimum Gasteiger partial charge on any atom is -0.462 e. The molecule has 0 radical (unpaired) electrons. The largest absolute Gasteiger partial charge is 0.462 e. The number of ether oxygens (including phenoxy) is 1. The van der Waals surface area contributed by atoms with Gasteiger partial charge in [0, 0.05) is 57.8 Å². The van der Waals surface area contributed by atoms with E-state index in [1.807, 2.05) is 46.7 Å². The molecule has 11 atom stereocenters. The van der Waals surface area contributed by atoms with Crippen LogP contribution < -0.4 is 47.9 Å². The molecule has 0 bridgehead atoms. The molecule has 0 spiro atoms. The molecule has 30 heteroatoms. The topological polar surface area (TPSA) is 413 Å². The van der Waals surface area contributed by atoms with E-state index in [4.69, 9.17) is 9.57 Å². The standard InChI is InChI=1S/C70H118N12O18/c1-21-42(9)23-24-53(85)81-37-44(11)35-51(81)63(94)74-50(34-43(10)33-47(36-46(83)22-2)99-56(88)27-28-57(89)100-82-54(86)25-26-55(82)87)61(92)76-58(59(90)41(7)8)64(95)78-69(15,16)66(97)75-48(31-39(3)4)60(91)73-49(32-40(5)6)62(93)77-70(17,18)67(98)79-68(13,14)65(96)71-30-29-52(84)72-45(12)38-80(19)20/h23-24,39-45,47-51,58-59,90H,21-22,25-38H2,1-20H3,(H,71,96)(H,72,84)(H,73,91)(H,74,94)(H,75,97)(H,76,92)(H,77,93)(H,78,95)(H,79,98)/b24-23+/t42-,43-,44+,45+,47+,48+,49+,50+,51+,58+,59-/m1/s1. The number of esters is 1. The average Bonchev–Trinajstić information content (AvgIpc) is 1.07. The molecule has 2 fully saturated rings. The minimum atomic E-state index is -1.91. The number of ketones is 1. The first kappa shape index (κ1) is 88.2. The Morgan fingerprint density at radius 3 is 1.71 bits per heavy atom. The maximum Gasteiger partial charge on any atom is 0.333 e. The van der Waals surface area contributed by atoms with Crippen LogP contribution in [0.25, 0.3) is 0 Å². The van der Waals surface area contributed by atoms with Crippen molar-refractivity contribution in [1.82, 2.24) is 62.7 Å². The second-order valence-electron chi connectivity index (χ2n) is 30.1. The lowest BCUT2D eigenvalue weighted by atomic mass is 9.92. The average molecular weight is 1420 g/mol. The number of rotatable bonds is 42. The predicted octanol–water partition coefficient (Wildman–Crippen LogP) is 2.22. The number of carbonyl (C=O) groups excluding carboxylic acids is 15. The number of nitrogens with one attached hydrogen (secondary N) is 9. The molecular formula is C70H118N12O18. The number of amides is 12. The van der Waals surface area contributed by atoms with Crippen LogP contribution in [0.4, 0.5) is 0 Å². The van der Waals surface area contributed by atoms with E-state index < -0.39 is 161 Å². The van der Waals surface area contributed by atoms with Gasteiger partial charge in [0.25, 0.3) is 11.8 Å². The number of aliphatic hydroxyl groups is 1. The number of hydrogen-bond acceptors (Lipinski definition) is 19. The molecule has 0 unspecified atom stereocenters. The molecule has 2 aliphatic rings. The molecule has 0 aliphatic carbocycles. The van der Waals surface area contributed by atoms with E-state index in [2.05, 4.69) is 47.9 Å². The van der Waals surface area contributed by atoms with Crippen LogP contribution >= 0.6 is 0 Å². The molecule has 10 N–H and O–H groups in total. The van der Waals surface area contributed by atoms with E-state index >= 15 is 0 Å². The van der Waals surface area contributed by atoms with Crippen LogP contribution in [0, 0.1) is 35.5 Å². The van der Waals surface area contributed by atoms with Crippen LogP contribution in [0.2, 0.25) is 0 Å². The second-order valence-corrected chi connectivity index (χ2v) is 30.1. The van der Waals surface area contributed by atoms with Gasteiger partial charge in [-0.25, -0.2) is 4.79 Å². The number of nitrogens with zero attached hydrogens (tertiary/aromatic N) is 3. The molecule has 30 nitrogen and oxygen atoms in total. The van der Waals surface area contributed by atoms with E-state index in [9.17, 15) is 77.0 Å². The smallest absolute Gasteiger partial charge is 0.333 e. The first-order valence-corrected chi connectivity index (χ1v) is 35.1. The van der Waals surface area contributed by atoms with Crippen LogP contribution in [0.1, 0.15) is 208 Å². The van der Waals surface area contributed by atoms with Crippen molar-refractivity contribution in [2.45, 2.75) is 273 Å². The number of hydrogen-bond donors (Lipinski definition) is 10. The number of allylic oxidation sites excluding steroid dienone is 1. The molecule has 0 aromatic rings. The number of likely N-dealkylation sites (N-methyl/N-ethyl adjacent to an activating group) is 1. The van der Waals surface area contributed by atoms with Crippen LogP contribution in [-0.4, -0.2) is 207 Å². The quantitative estimate of drug-likeness (QED) is 0.0238. The number of likely N-dealkylation sites (tertiary alicyclic amines) is 1.